The highest BCUT2D eigenvalue weighted by Gasteiger charge is 2.03. The largest absolute Gasteiger partial charge is 0.345 e. The highest BCUT2D eigenvalue weighted by molar-refractivity contribution is 5.99. The Morgan fingerprint density at radius 1 is 0.905 bits per heavy atom. The summed E-state index contributed by atoms with van der Waals surface area (Å²) in [5.41, 5.74) is 2.44. The summed E-state index contributed by atoms with van der Waals surface area (Å²) in [6.07, 6.45) is 3.48. The number of imidazole rings is 1. The number of hydrogen-bond donors (Lipinski definition) is 3. The zero-order chi connectivity index (χ0) is 14.5. The zero-order valence-electron chi connectivity index (χ0n) is 11.2. The van der Waals surface area contributed by atoms with Crippen LogP contribution in [0.1, 0.15) is 0 Å². The Kier molecular flexibility index (Phi) is 3.64. The minimum Gasteiger partial charge on any atom is -0.345 e. The lowest BCUT2D eigenvalue weighted by atomic mass is 10.2. The fraction of sp³-hybridized carbons (Fsp3) is 0. The van der Waals surface area contributed by atoms with E-state index < -0.39 is 0 Å². The number of hydrogen-bond acceptors (Lipinski definition) is 2. The molecule has 3 rings (SSSR count). The van der Waals surface area contributed by atoms with Crippen molar-refractivity contribution >= 4 is 17.4 Å². The molecule has 0 bridgehead atoms. The molecule has 0 aliphatic carbocycles. The van der Waals surface area contributed by atoms with Crippen molar-refractivity contribution in [1.82, 2.24) is 9.97 Å². The molecule has 0 aliphatic rings. The number of nitrogens with zero attached hydrogens (tertiary/aromatic N) is 1. The van der Waals surface area contributed by atoms with E-state index in [4.69, 9.17) is 0 Å². The van der Waals surface area contributed by atoms with Crippen LogP contribution in [0, 0.1) is 0 Å². The normalized spacial score (nSPS) is 10.1. The van der Waals surface area contributed by atoms with Gasteiger partial charge in [-0.2, -0.15) is 0 Å². The third kappa shape index (κ3) is 3.27. The molecule has 0 saturated heterocycles. The molecule has 2 amide bonds. The molecule has 0 unspecified atom stereocenters. The van der Waals surface area contributed by atoms with E-state index in [0.717, 1.165) is 22.8 Å². The minimum atomic E-state index is -0.271. The van der Waals surface area contributed by atoms with E-state index in [-0.39, 0.29) is 6.03 Å². The number of aromatic amines is 1. The molecule has 0 radical (unpaired) electrons. The van der Waals surface area contributed by atoms with E-state index >= 15 is 0 Å². The van der Waals surface area contributed by atoms with Gasteiger partial charge in [0.25, 0.3) is 0 Å². The molecule has 0 spiro atoms. The molecule has 1 heterocycles. The average molecular weight is 278 g/mol. The second-order valence-corrected chi connectivity index (χ2v) is 4.46. The summed E-state index contributed by atoms with van der Waals surface area (Å²) >= 11 is 0. The van der Waals surface area contributed by atoms with Crippen molar-refractivity contribution < 1.29 is 4.79 Å². The Bertz CT molecular complexity index is 706. The molecule has 0 aliphatic heterocycles. The predicted molar refractivity (Wildman–Crippen MR) is 83.1 cm³/mol. The van der Waals surface area contributed by atoms with Crippen LogP contribution in [0.5, 0.6) is 0 Å². The highest BCUT2D eigenvalue weighted by Crippen LogP contribution is 2.17. The molecule has 0 fully saturated rings. The van der Waals surface area contributed by atoms with E-state index in [1.807, 2.05) is 54.6 Å². The van der Waals surface area contributed by atoms with Gasteiger partial charge in [-0.25, -0.2) is 9.78 Å². The SMILES string of the molecule is O=C(Nc1ccccc1)Nc1ccc(-c2ncc[nH]2)cc1. The third-order valence-electron chi connectivity index (χ3n) is 2.95. The van der Waals surface area contributed by atoms with E-state index in [0.29, 0.717) is 0 Å². The number of anilines is 2. The van der Waals surface area contributed by atoms with Crippen LogP contribution >= 0.6 is 0 Å². The van der Waals surface area contributed by atoms with E-state index in [2.05, 4.69) is 20.6 Å². The molecule has 5 nitrogen and oxygen atoms in total. The lowest BCUT2D eigenvalue weighted by molar-refractivity contribution is 0.262. The number of nitrogens with one attached hydrogen (secondary N) is 3. The van der Waals surface area contributed by atoms with Crippen LogP contribution in [0.25, 0.3) is 11.4 Å². The van der Waals surface area contributed by atoms with Gasteiger partial charge in [-0.05, 0) is 36.4 Å². The van der Waals surface area contributed by atoms with E-state index in [9.17, 15) is 4.79 Å². The number of urea groups is 1. The predicted octanol–water partition coefficient (Wildman–Crippen LogP) is 3.72. The minimum absolute atomic E-state index is 0.271. The molecule has 0 atom stereocenters. The van der Waals surface area contributed by atoms with Crippen LogP contribution in [0.15, 0.2) is 67.0 Å². The highest BCUT2D eigenvalue weighted by atomic mass is 16.2. The summed E-state index contributed by atoms with van der Waals surface area (Å²) in [4.78, 5) is 19.1. The van der Waals surface area contributed by atoms with Gasteiger partial charge < -0.3 is 15.6 Å². The summed E-state index contributed by atoms with van der Waals surface area (Å²) in [6, 6.07) is 16.5. The number of H-pyrrole nitrogens is 1. The van der Waals surface area contributed by atoms with Crippen molar-refractivity contribution in [3.8, 4) is 11.4 Å². The van der Waals surface area contributed by atoms with Crippen LogP contribution in [0.2, 0.25) is 0 Å². The van der Waals surface area contributed by atoms with Crippen LogP contribution < -0.4 is 10.6 Å². The molecule has 3 N–H and O–H groups in total. The number of benzene rings is 2. The molecular formula is C16H14N4O. The molecule has 1 aromatic heterocycles. The summed E-state index contributed by atoms with van der Waals surface area (Å²) in [5, 5.41) is 5.55. The van der Waals surface area contributed by atoms with Gasteiger partial charge >= 0.3 is 6.03 Å². The Hall–Kier alpha value is -3.08. The monoisotopic (exact) mass is 278 g/mol. The molecule has 2 aromatic carbocycles. The second kappa shape index (κ2) is 5.92. The van der Waals surface area contributed by atoms with Crippen LogP contribution in [-0.4, -0.2) is 16.0 Å². The number of rotatable bonds is 3. The maximum absolute atomic E-state index is 11.9. The summed E-state index contributed by atoms with van der Waals surface area (Å²) in [5.74, 6) is 0.801. The smallest absolute Gasteiger partial charge is 0.323 e. The van der Waals surface area contributed by atoms with Gasteiger partial charge in [-0.3, -0.25) is 0 Å². The van der Waals surface area contributed by atoms with Crippen molar-refractivity contribution in [2.75, 3.05) is 10.6 Å². The van der Waals surface area contributed by atoms with Crippen molar-refractivity contribution in [2.45, 2.75) is 0 Å². The van der Waals surface area contributed by atoms with Crippen LogP contribution in [0.4, 0.5) is 16.2 Å². The first-order valence-corrected chi connectivity index (χ1v) is 6.54. The van der Waals surface area contributed by atoms with Gasteiger partial charge in [0.1, 0.15) is 5.82 Å². The first-order chi connectivity index (χ1) is 10.3. The Balaban J connectivity index is 1.64. The number of aromatic nitrogens is 2. The Morgan fingerprint density at radius 3 is 2.19 bits per heavy atom. The fourth-order valence-corrected chi connectivity index (χ4v) is 1.95. The number of amides is 2. The van der Waals surface area contributed by atoms with Crippen molar-refractivity contribution in [2.24, 2.45) is 0 Å². The zero-order valence-corrected chi connectivity index (χ0v) is 11.2. The van der Waals surface area contributed by atoms with Gasteiger partial charge in [0.2, 0.25) is 0 Å². The van der Waals surface area contributed by atoms with Gasteiger partial charge in [0, 0.05) is 29.3 Å². The fourth-order valence-electron chi connectivity index (χ4n) is 1.95. The topological polar surface area (TPSA) is 69.8 Å². The standard InChI is InChI=1S/C16H14N4O/c21-16(19-13-4-2-1-3-5-13)20-14-8-6-12(7-9-14)15-17-10-11-18-15/h1-11H,(H,17,18)(H2,19,20,21). The maximum Gasteiger partial charge on any atom is 0.323 e. The molecule has 104 valence electrons. The van der Waals surface area contributed by atoms with Crippen molar-refractivity contribution in [3.63, 3.8) is 0 Å². The third-order valence-corrected chi connectivity index (χ3v) is 2.95. The molecule has 3 aromatic rings. The lowest BCUT2D eigenvalue weighted by Gasteiger charge is -2.07. The van der Waals surface area contributed by atoms with Gasteiger partial charge in [-0.1, -0.05) is 18.2 Å². The molecule has 5 heteroatoms. The van der Waals surface area contributed by atoms with E-state index in [1.54, 1.807) is 12.4 Å². The maximum atomic E-state index is 11.9. The summed E-state index contributed by atoms with van der Waals surface area (Å²) < 4.78 is 0. The van der Waals surface area contributed by atoms with Gasteiger partial charge in [0.15, 0.2) is 0 Å². The summed E-state index contributed by atoms with van der Waals surface area (Å²) in [7, 11) is 0. The van der Waals surface area contributed by atoms with Crippen LogP contribution in [-0.2, 0) is 0 Å². The van der Waals surface area contributed by atoms with E-state index in [1.165, 1.54) is 0 Å². The van der Waals surface area contributed by atoms with Crippen molar-refractivity contribution in [1.29, 1.82) is 0 Å². The van der Waals surface area contributed by atoms with Gasteiger partial charge in [-0.15, -0.1) is 0 Å². The number of carbonyl (C=O) groups excluding carboxylic acids is 1. The quantitative estimate of drug-likeness (QED) is 0.683. The number of para-hydroxylation sites is 1. The molecular weight excluding hydrogens is 264 g/mol. The van der Waals surface area contributed by atoms with Crippen molar-refractivity contribution in [3.05, 3.63) is 67.0 Å². The molecule has 0 saturated carbocycles. The van der Waals surface area contributed by atoms with Crippen LogP contribution in [0.3, 0.4) is 0 Å². The first kappa shape index (κ1) is 12.9. The number of carbonyl (C=O) groups is 1. The first-order valence-electron chi connectivity index (χ1n) is 6.54. The Labute approximate surface area is 122 Å². The average Bonchev–Trinajstić information content (AvgIpc) is 3.03. The summed E-state index contributed by atoms with van der Waals surface area (Å²) in [6.45, 7) is 0. The molecule has 21 heavy (non-hydrogen) atoms. The van der Waals surface area contributed by atoms with Gasteiger partial charge in [0.05, 0.1) is 0 Å². The lowest BCUT2D eigenvalue weighted by Crippen LogP contribution is -2.19. The Morgan fingerprint density at radius 2 is 1.57 bits per heavy atom. The second-order valence-electron chi connectivity index (χ2n) is 4.46.